The third kappa shape index (κ3) is 5.69. The maximum Gasteiger partial charge on any atom is 0.276 e. The largest absolute Gasteiger partial charge is 0.356 e. The second-order valence-electron chi connectivity index (χ2n) is 5.11. The van der Waals surface area contributed by atoms with Crippen LogP contribution in [0.25, 0.3) is 11.6 Å². The zero-order chi connectivity index (χ0) is 16.3. The highest BCUT2D eigenvalue weighted by Gasteiger charge is 2.09. The van der Waals surface area contributed by atoms with Gasteiger partial charge in [0.1, 0.15) is 5.69 Å². The summed E-state index contributed by atoms with van der Waals surface area (Å²) in [6.45, 7) is 3.81. The molecule has 23 heavy (non-hydrogen) atoms. The molecule has 124 valence electrons. The smallest absolute Gasteiger partial charge is 0.276 e. The summed E-state index contributed by atoms with van der Waals surface area (Å²) in [5.74, 6) is 1.90. The number of nitrogens with zero attached hydrogens (tertiary/aromatic N) is 4. The molecule has 0 aliphatic carbocycles. The minimum atomic E-state index is 0.447. The Hall–Kier alpha value is -2.44. The lowest BCUT2D eigenvalue weighted by Gasteiger charge is -2.10. The van der Waals surface area contributed by atoms with Crippen LogP contribution in [0.3, 0.4) is 0 Å². The summed E-state index contributed by atoms with van der Waals surface area (Å²) in [5.41, 5.74) is 0.688. The van der Waals surface area contributed by atoms with Crippen molar-refractivity contribution in [3.63, 3.8) is 0 Å². The van der Waals surface area contributed by atoms with Crippen LogP contribution in [0.15, 0.2) is 33.9 Å². The molecule has 2 N–H and O–H groups in total. The molecular formula is C16H24N6O. The first-order valence-corrected chi connectivity index (χ1v) is 8.02. The van der Waals surface area contributed by atoms with Gasteiger partial charge in [0.2, 0.25) is 0 Å². The monoisotopic (exact) mass is 316 g/mol. The lowest BCUT2D eigenvalue weighted by atomic mass is 10.2. The second kappa shape index (κ2) is 9.55. The van der Waals surface area contributed by atoms with E-state index in [0.29, 0.717) is 30.4 Å². The van der Waals surface area contributed by atoms with Crippen LogP contribution in [0.4, 0.5) is 0 Å². The number of aromatic nitrogens is 3. The molecule has 7 heteroatoms. The van der Waals surface area contributed by atoms with Gasteiger partial charge in [-0.15, -0.1) is 0 Å². The molecule has 0 fully saturated rings. The Morgan fingerprint density at radius 1 is 1.22 bits per heavy atom. The van der Waals surface area contributed by atoms with Crippen LogP contribution in [-0.2, 0) is 6.42 Å². The quantitative estimate of drug-likeness (QED) is 0.440. The first kappa shape index (κ1) is 16.9. The normalized spacial score (nSPS) is 11.5. The summed E-state index contributed by atoms with van der Waals surface area (Å²) < 4.78 is 5.23. The van der Waals surface area contributed by atoms with Crippen molar-refractivity contribution in [2.75, 3.05) is 20.1 Å². The molecule has 0 saturated heterocycles. The van der Waals surface area contributed by atoms with Gasteiger partial charge in [-0.3, -0.25) is 9.98 Å². The maximum absolute atomic E-state index is 5.23. The third-order valence-electron chi connectivity index (χ3n) is 3.29. The molecular weight excluding hydrogens is 292 g/mol. The Bertz CT molecular complexity index is 596. The van der Waals surface area contributed by atoms with Gasteiger partial charge in [0, 0.05) is 32.8 Å². The fraction of sp³-hybridized carbons (Fsp3) is 0.500. The SMILES string of the molecule is CCCCCNC(=NC)NCCc1noc(-c2ccccn2)n1. The van der Waals surface area contributed by atoms with Gasteiger partial charge in [-0.2, -0.15) is 4.98 Å². The number of pyridine rings is 1. The summed E-state index contributed by atoms with van der Waals surface area (Å²) >= 11 is 0. The lowest BCUT2D eigenvalue weighted by Crippen LogP contribution is -2.38. The Kier molecular flexibility index (Phi) is 7.03. The molecule has 2 aromatic rings. The summed E-state index contributed by atoms with van der Waals surface area (Å²) in [7, 11) is 1.77. The van der Waals surface area contributed by atoms with E-state index in [1.807, 2.05) is 18.2 Å². The molecule has 2 aromatic heterocycles. The molecule has 2 rings (SSSR count). The fourth-order valence-electron chi connectivity index (χ4n) is 2.04. The fourth-order valence-corrected chi connectivity index (χ4v) is 2.04. The number of nitrogens with one attached hydrogen (secondary N) is 2. The summed E-state index contributed by atoms with van der Waals surface area (Å²) in [4.78, 5) is 12.7. The molecule has 0 radical (unpaired) electrons. The van der Waals surface area contributed by atoms with E-state index in [-0.39, 0.29) is 0 Å². The zero-order valence-electron chi connectivity index (χ0n) is 13.7. The van der Waals surface area contributed by atoms with E-state index < -0.39 is 0 Å². The van der Waals surface area contributed by atoms with Crippen LogP contribution in [0.2, 0.25) is 0 Å². The molecule has 0 saturated carbocycles. The Labute approximate surface area is 136 Å². The highest BCUT2D eigenvalue weighted by molar-refractivity contribution is 5.79. The molecule has 0 aromatic carbocycles. The number of aliphatic imine (C=N–C) groups is 1. The Morgan fingerprint density at radius 2 is 2.09 bits per heavy atom. The van der Waals surface area contributed by atoms with Crippen LogP contribution in [0, 0.1) is 0 Å². The van der Waals surface area contributed by atoms with Crippen molar-refractivity contribution < 1.29 is 4.52 Å². The highest BCUT2D eigenvalue weighted by Crippen LogP contribution is 2.12. The third-order valence-corrected chi connectivity index (χ3v) is 3.29. The second-order valence-corrected chi connectivity index (χ2v) is 5.11. The van der Waals surface area contributed by atoms with Crippen LogP contribution >= 0.6 is 0 Å². The van der Waals surface area contributed by atoms with Gasteiger partial charge in [0.15, 0.2) is 11.8 Å². The predicted molar refractivity (Wildman–Crippen MR) is 90.1 cm³/mol. The van der Waals surface area contributed by atoms with E-state index in [4.69, 9.17) is 4.52 Å². The van der Waals surface area contributed by atoms with Gasteiger partial charge in [-0.25, -0.2) is 0 Å². The molecule has 0 spiro atoms. The molecule has 0 aliphatic rings. The number of hydrogen-bond acceptors (Lipinski definition) is 5. The van der Waals surface area contributed by atoms with Crippen molar-refractivity contribution in [2.45, 2.75) is 32.6 Å². The van der Waals surface area contributed by atoms with E-state index in [1.54, 1.807) is 13.2 Å². The first-order valence-electron chi connectivity index (χ1n) is 8.02. The average Bonchev–Trinajstić information content (AvgIpc) is 3.07. The molecule has 7 nitrogen and oxygen atoms in total. The van der Waals surface area contributed by atoms with Gasteiger partial charge in [-0.1, -0.05) is 31.0 Å². The molecule has 0 aliphatic heterocycles. The molecule has 0 bridgehead atoms. The molecule has 2 heterocycles. The number of rotatable bonds is 8. The van der Waals surface area contributed by atoms with Crippen LogP contribution in [0.1, 0.15) is 32.0 Å². The van der Waals surface area contributed by atoms with E-state index in [2.05, 4.69) is 37.7 Å². The van der Waals surface area contributed by atoms with Crippen LogP contribution in [0.5, 0.6) is 0 Å². The first-order chi connectivity index (χ1) is 11.3. The highest BCUT2D eigenvalue weighted by atomic mass is 16.5. The average molecular weight is 316 g/mol. The van der Waals surface area contributed by atoms with Gasteiger partial charge < -0.3 is 15.2 Å². The van der Waals surface area contributed by atoms with Gasteiger partial charge >= 0.3 is 0 Å². The predicted octanol–water partition coefficient (Wildman–Crippen LogP) is 2.03. The van der Waals surface area contributed by atoms with E-state index in [1.165, 1.54) is 12.8 Å². The maximum atomic E-state index is 5.23. The lowest BCUT2D eigenvalue weighted by molar-refractivity contribution is 0.421. The minimum Gasteiger partial charge on any atom is -0.356 e. The number of guanidine groups is 1. The van der Waals surface area contributed by atoms with Crippen LogP contribution < -0.4 is 10.6 Å². The number of hydrogen-bond donors (Lipinski definition) is 2. The van der Waals surface area contributed by atoms with Crippen molar-refractivity contribution in [1.82, 2.24) is 25.8 Å². The topological polar surface area (TPSA) is 88.2 Å². The Balaban J connectivity index is 1.75. The molecule has 0 atom stereocenters. The summed E-state index contributed by atoms with van der Waals surface area (Å²) in [6, 6.07) is 5.59. The summed E-state index contributed by atoms with van der Waals surface area (Å²) in [5, 5.41) is 10.5. The van der Waals surface area contributed by atoms with Crippen molar-refractivity contribution in [1.29, 1.82) is 0 Å². The summed E-state index contributed by atoms with van der Waals surface area (Å²) in [6.07, 6.45) is 5.95. The molecule has 0 unspecified atom stereocenters. The van der Waals surface area contributed by atoms with E-state index in [0.717, 1.165) is 18.9 Å². The van der Waals surface area contributed by atoms with Gasteiger partial charge in [0.25, 0.3) is 5.89 Å². The van der Waals surface area contributed by atoms with Crippen molar-refractivity contribution in [3.8, 4) is 11.6 Å². The Morgan fingerprint density at radius 3 is 2.83 bits per heavy atom. The van der Waals surface area contributed by atoms with E-state index >= 15 is 0 Å². The van der Waals surface area contributed by atoms with Gasteiger partial charge in [0.05, 0.1) is 0 Å². The van der Waals surface area contributed by atoms with Crippen molar-refractivity contribution in [2.24, 2.45) is 4.99 Å². The molecule has 0 amide bonds. The van der Waals surface area contributed by atoms with Crippen LogP contribution in [-0.4, -0.2) is 41.2 Å². The van der Waals surface area contributed by atoms with Gasteiger partial charge in [-0.05, 0) is 18.6 Å². The zero-order valence-corrected chi connectivity index (χ0v) is 13.7. The van der Waals surface area contributed by atoms with Crippen molar-refractivity contribution >= 4 is 5.96 Å². The standard InChI is InChI=1S/C16H24N6O/c1-3-4-6-11-19-16(17-2)20-12-9-14-21-15(23-22-14)13-8-5-7-10-18-13/h5,7-8,10H,3-4,6,9,11-12H2,1-2H3,(H2,17,19,20). The van der Waals surface area contributed by atoms with Crippen molar-refractivity contribution in [3.05, 3.63) is 30.2 Å². The number of unbranched alkanes of at least 4 members (excludes halogenated alkanes) is 2. The van der Waals surface area contributed by atoms with E-state index in [9.17, 15) is 0 Å². The minimum absolute atomic E-state index is 0.447.